The Hall–Kier alpha value is -2.73. The summed E-state index contributed by atoms with van der Waals surface area (Å²) in [5, 5.41) is 5.84. The maximum absolute atomic E-state index is 12.3. The number of anilines is 1. The number of benzene rings is 2. The highest BCUT2D eigenvalue weighted by Gasteiger charge is 2.17. The van der Waals surface area contributed by atoms with Gasteiger partial charge in [0.05, 0.1) is 19.8 Å². The minimum absolute atomic E-state index is 0.0456. The predicted molar refractivity (Wildman–Crippen MR) is 102 cm³/mol. The van der Waals surface area contributed by atoms with Crippen LogP contribution in [0.3, 0.4) is 0 Å². The van der Waals surface area contributed by atoms with Gasteiger partial charge < -0.3 is 25.0 Å². The Morgan fingerprint density at radius 3 is 2.88 bits per heavy atom. The number of carbonyl (C=O) groups excluding carboxylic acids is 1. The van der Waals surface area contributed by atoms with E-state index in [2.05, 4.69) is 15.5 Å². The molecular formula is C20H25N3O3. The zero-order chi connectivity index (χ0) is 18.5. The number of rotatable bonds is 6. The molecule has 0 fully saturated rings. The van der Waals surface area contributed by atoms with Crippen LogP contribution in [0.15, 0.2) is 42.5 Å². The first-order chi connectivity index (χ1) is 12.6. The highest BCUT2D eigenvalue weighted by Crippen LogP contribution is 2.28. The monoisotopic (exact) mass is 355 g/mol. The molecule has 1 unspecified atom stereocenters. The highest BCUT2D eigenvalue weighted by atomic mass is 16.5. The maximum Gasteiger partial charge on any atom is 0.319 e. The van der Waals surface area contributed by atoms with Crippen LogP contribution in [0.2, 0.25) is 0 Å². The zero-order valence-electron chi connectivity index (χ0n) is 15.4. The lowest BCUT2D eigenvalue weighted by Gasteiger charge is -2.25. The first kappa shape index (κ1) is 18.1. The van der Waals surface area contributed by atoms with Crippen molar-refractivity contribution in [2.24, 2.45) is 0 Å². The van der Waals surface area contributed by atoms with Crippen LogP contribution in [0, 0.1) is 0 Å². The second-order valence-electron chi connectivity index (χ2n) is 6.51. The van der Waals surface area contributed by atoms with Crippen molar-refractivity contribution < 1.29 is 14.3 Å². The van der Waals surface area contributed by atoms with Gasteiger partial charge in [-0.2, -0.15) is 0 Å². The van der Waals surface area contributed by atoms with Gasteiger partial charge >= 0.3 is 6.03 Å². The third kappa shape index (κ3) is 4.26. The van der Waals surface area contributed by atoms with Gasteiger partial charge in [0, 0.05) is 18.7 Å². The van der Waals surface area contributed by atoms with Crippen LogP contribution in [-0.4, -0.2) is 45.3 Å². The fourth-order valence-corrected chi connectivity index (χ4v) is 3.08. The second-order valence-corrected chi connectivity index (χ2v) is 6.51. The van der Waals surface area contributed by atoms with E-state index < -0.39 is 0 Å². The molecule has 1 heterocycles. The Morgan fingerprint density at radius 1 is 1.27 bits per heavy atom. The first-order valence-corrected chi connectivity index (χ1v) is 8.68. The number of carbonyl (C=O) groups is 1. The molecule has 0 aromatic heterocycles. The van der Waals surface area contributed by atoms with E-state index in [9.17, 15) is 4.79 Å². The normalized spacial score (nSPS) is 13.7. The summed E-state index contributed by atoms with van der Waals surface area (Å²) in [6, 6.07) is 13.4. The molecule has 6 nitrogen and oxygen atoms in total. The van der Waals surface area contributed by atoms with Crippen LogP contribution >= 0.6 is 0 Å². The molecule has 1 atom stereocenters. The molecular weight excluding hydrogens is 330 g/mol. The van der Waals surface area contributed by atoms with E-state index in [1.807, 2.05) is 56.6 Å². The highest BCUT2D eigenvalue weighted by molar-refractivity contribution is 5.89. The van der Waals surface area contributed by atoms with Crippen LogP contribution in [0.4, 0.5) is 10.5 Å². The summed E-state index contributed by atoms with van der Waals surface area (Å²) < 4.78 is 10.8. The summed E-state index contributed by atoms with van der Waals surface area (Å²) >= 11 is 0. The Balaban J connectivity index is 1.61. The molecule has 1 aliphatic heterocycles. The summed E-state index contributed by atoms with van der Waals surface area (Å²) in [7, 11) is 5.63. The number of fused-ring (bicyclic) bond motifs is 1. The average molecular weight is 355 g/mol. The predicted octanol–water partition coefficient (Wildman–Crippen LogP) is 3.05. The number of likely N-dealkylation sites (N-methyl/N-ethyl adjacent to an activating group) is 1. The number of nitrogens with zero attached hydrogens (tertiary/aromatic N) is 1. The van der Waals surface area contributed by atoms with E-state index in [1.54, 1.807) is 7.11 Å². The largest absolute Gasteiger partial charge is 0.497 e. The van der Waals surface area contributed by atoms with Gasteiger partial charge in [0.25, 0.3) is 0 Å². The van der Waals surface area contributed by atoms with E-state index in [4.69, 9.17) is 9.47 Å². The molecule has 2 amide bonds. The van der Waals surface area contributed by atoms with E-state index in [1.165, 1.54) is 0 Å². The average Bonchev–Trinajstić information content (AvgIpc) is 3.09. The van der Waals surface area contributed by atoms with E-state index >= 15 is 0 Å². The van der Waals surface area contributed by atoms with Gasteiger partial charge in [-0.25, -0.2) is 4.79 Å². The summed E-state index contributed by atoms with van der Waals surface area (Å²) in [5.74, 6) is 1.71. The van der Waals surface area contributed by atoms with Gasteiger partial charge in [0.1, 0.15) is 11.5 Å². The smallest absolute Gasteiger partial charge is 0.319 e. The van der Waals surface area contributed by atoms with Crippen LogP contribution < -0.4 is 20.1 Å². The second kappa shape index (κ2) is 8.10. The number of amides is 2. The van der Waals surface area contributed by atoms with Gasteiger partial charge in [-0.15, -0.1) is 0 Å². The summed E-state index contributed by atoms with van der Waals surface area (Å²) in [6.07, 6.45) is 0.880. The van der Waals surface area contributed by atoms with Crippen LogP contribution in [0.1, 0.15) is 17.2 Å². The van der Waals surface area contributed by atoms with Gasteiger partial charge in [-0.3, -0.25) is 0 Å². The number of urea groups is 1. The molecule has 0 bridgehead atoms. The summed E-state index contributed by atoms with van der Waals surface area (Å²) in [4.78, 5) is 14.4. The van der Waals surface area contributed by atoms with Crippen molar-refractivity contribution >= 4 is 11.7 Å². The minimum atomic E-state index is -0.224. The lowest BCUT2D eigenvalue weighted by molar-refractivity contribution is 0.243. The van der Waals surface area contributed by atoms with Crippen LogP contribution in [0.5, 0.6) is 11.5 Å². The number of ether oxygens (including phenoxy) is 2. The van der Waals surface area contributed by atoms with Crippen molar-refractivity contribution in [1.29, 1.82) is 0 Å². The van der Waals surface area contributed by atoms with E-state index in [-0.39, 0.29) is 12.1 Å². The number of hydrogen-bond acceptors (Lipinski definition) is 4. The fourth-order valence-electron chi connectivity index (χ4n) is 3.08. The van der Waals surface area contributed by atoms with Gasteiger partial charge in [-0.1, -0.05) is 12.1 Å². The third-order valence-electron chi connectivity index (χ3n) is 4.51. The lowest BCUT2D eigenvalue weighted by atomic mass is 10.1. The number of methoxy groups -OCH3 is 1. The molecule has 3 rings (SSSR count). The van der Waals surface area contributed by atoms with Gasteiger partial charge in [0.15, 0.2) is 0 Å². The quantitative estimate of drug-likeness (QED) is 0.836. The maximum atomic E-state index is 12.3. The van der Waals surface area contributed by atoms with Crippen molar-refractivity contribution in [2.45, 2.75) is 12.5 Å². The van der Waals surface area contributed by atoms with E-state index in [0.29, 0.717) is 13.2 Å². The van der Waals surface area contributed by atoms with Crippen molar-refractivity contribution in [1.82, 2.24) is 10.2 Å². The molecule has 0 aliphatic carbocycles. The molecule has 6 heteroatoms. The van der Waals surface area contributed by atoms with Crippen molar-refractivity contribution in [3.63, 3.8) is 0 Å². The topological polar surface area (TPSA) is 62.8 Å². The Labute approximate surface area is 154 Å². The minimum Gasteiger partial charge on any atom is -0.497 e. The molecule has 0 saturated carbocycles. The SMILES string of the molecule is COc1cccc(C(CNC(=O)Nc2ccc3c(c2)CCO3)N(C)C)c1. The summed E-state index contributed by atoms with van der Waals surface area (Å²) in [6.45, 7) is 1.19. The number of nitrogens with one attached hydrogen (secondary N) is 2. The Bertz CT molecular complexity index is 777. The third-order valence-corrected chi connectivity index (χ3v) is 4.51. The Morgan fingerprint density at radius 2 is 2.12 bits per heavy atom. The molecule has 26 heavy (non-hydrogen) atoms. The molecule has 0 radical (unpaired) electrons. The van der Waals surface area contributed by atoms with Gasteiger partial charge in [0.2, 0.25) is 0 Å². The van der Waals surface area contributed by atoms with Crippen molar-refractivity contribution in [3.05, 3.63) is 53.6 Å². The molecule has 2 N–H and O–H groups in total. The lowest BCUT2D eigenvalue weighted by Crippen LogP contribution is -2.36. The first-order valence-electron chi connectivity index (χ1n) is 8.68. The molecule has 138 valence electrons. The molecule has 2 aromatic rings. The Kier molecular flexibility index (Phi) is 5.63. The zero-order valence-corrected chi connectivity index (χ0v) is 15.4. The van der Waals surface area contributed by atoms with Crippen molar-refractivity contribution in [3.8, 4) is 11.5 Å². The molecule has 1 aliphatic rings. The van der Waals surface area contributed by atoms with Gasteiger partial charge in [-0.05, 0) is 55.6 Å². The number of hydrogen-bond donors (Lipinski definition) is 2. The van der Waals surface area contributed by atoms with E-state index in [0.717, 1.165) is 34.7 Å². The van der Waals surface area contributed by atoms with Crippen LogP contribution in [-0.2, 0) is 6.42 Å². The van der Waals surface area contributed by atoms with Crippen LogP contribution in [0.25, 0.3) is 0 Å². The summed E-state index contributed by atoms with van der Waals surface area (Å²) in [5.41, 5.74) is 2.99. The molecule has 0 saturated heterocycles. The van der Waals surface area contributed by atoms with Crippen molar-refractivity contribution in [2.75, 3.05) is 39.7 Å². The standard InChI is InChI=1S/C20H25N3O3/c1-23(2)18(14-5-4-6-17(12-14)25-3)13-21-20(24)22-16-7-8-19-15(11-16)9-10-26-19/h4-8,11-12,18H,9-10,13H2,1-3H3,(H2,21,22,24). The molecule has 2 aromatic carbocycles. The molecule has 0 spiro atoms. The fraction of sp³-hybridized carbons (Fsp3) is 0.350.